The Kier molecular flexibility index (Phi) is 2.49. The van der Waals surface area contributed by atoms with Crippen molar-refractivity contribution in [1.29, 1.82) is 0 Å². The Bertz CT molecular complexity index is 527. The molecule has 15 heavy (non-hydrogen) atoms. The second-order valence-electron chi connectivity index (χ2n) is 3.50. The average molecular weight is 207 g/mol. The number of unbranched alkanes of at least 4 members (excludes halogenated alkanes) is 1. The number of H-pyrrole nitrogens is 1. The van der Waals surface area contributed by atoms with Crippen LogP contribution in [0.4, 0.5) is 0 Å². The van der Waals surface area contributed by atoms with Gasteiger partial charge < -0.3 is 0 Å². The number of hydrogen-bond donors (Lipinski definition) is 1. The maximum atomic E-state index is 11.4. The van der Waals surface area contributed by atoms with Crippen molar-refractivity contribution in [3.8, 4) is 0 Å². The van der Waals surface area contributed by atoms with Crippen LogP contribution < -0.4 is 5.56 Å². The first-order valence-corrected chi connectivity index (χ1v) is 5.02. The molecule has 0 aliphatic rings. The number of nitrogens with one attached hydrogen (secondary N) is 1. The Morgan fingerprint density at radius 1 is 1.47 bits per heavy atom. The van der Waals surface area contributed by atoms with Gasteiger partial charge in [0.25, 0.3) is 5.56 Å². The fourth-order valence-corrected chi connectivity index (χ4v) is 1.53. The molecule has 0 saturated heterocycles. The van der Waals surface area contributed by atoms with Gasteiger partial charge in [0.2, 0.25) is 0 Å². The highest BCUT2D eigenvalue weighted by Gasteiger charge is 2.10. The average Bonchev–Trinajstić information content (AvgIpc) is 2.65. The molecule has 80 valence electrons. The van der Waals surface area contributed by atoms with E-state index in [0.29, 0.717) is 5.52 Å². The van der Waals surface area contributed by atoms with E-state index in [2.05, 4.69) is 27.4 Å². The van der Waals surface area contributed by atoms with Gasteiger partial charge in [-0.05, 0) is 13.3 Å². The van der Waals surface area contributed by atoms with Gasteiger partial charge in [0.15, 0.2) is 5.52 Å². The summed E-state index contributed by atoms with van der Waals surface area (Å²) in [4.78, 5) is 11.4. The molecule has 6 heteroatoms. The third-order valence-electron chi connectivity index (χ3n) is 2.34. The molecule has 6 nitrogen and oxygen atoms in total. The Morgan fingerprint density at radius 3 is 3.00 bits per heavy atom. The minimum atomic E-state index is -0.279. The fraction of sp³-hybridized carbons (Fsp3) is 0.556. The quantitative estimate of drug-likeness (QED) is 0.800. The molecule has 2 aromatic heterocycles. The Morgan fingerprint density at radius 2 is 2.27 bits per heavy atom. The van der Waals surface area contributed by atoms with Crippen molar-refractivity contribution >= 4 is 11.0 Å². The lowest BCUT2D eigenvalue weighted by atomic mass is 10.3. The Labute approximate surface area is 86.3 Å². The molecule has 2 heterocycles. The van der Waals surface area contributed by atoms with Gasteiger partial charge in [0, 0.05) is 6.54 Å². The molecule has 0 aliphatic carbocycles. The van der Waals surface area contributed by atoms with Gasteiger partial charge in [-0.3, -0.25) is 4.79 Å². The van der Waals surface area contributed by atoms with Gasteiger partial charge in [-0.15, -0.1) is 5.10 Å². The highest BCUT2D eigenvalue weighted by molar-refractivity contribution is 5.74. The topological polar surface area (TPSA) is 76.5 Å². The predicted molar refractivity (Wildman–Crippen MR) is 55.6 cm³/mol. The smallest absolute Gasteiger partial charge is 0.265 e. The summed E-state index contributed by atoms with van der Waals surface area (Å²) in [6, 6.07) is 0. The number of nitrogens with zero attached hydrogens (tertiary/aromatic N) is 4. The lowest BCUT2D eigenvalue weighted by molar-refractivity contribution is 0.566. The largest absolute Gasteiger partial charge is 0.294 e. The van der Waals surface area contributed by atoms with Crippen LogP contribution in [0.2, 0.25) is 0 Å². The summed E-state index contributed by atoms with van der Waals surface area (Å²) in [7, 11) is 0. The number of aromatic amines is 1. The SMILES string of the molecule is CCCCn1nnc2c(=O)[nH]nc(C)c21. The molecular formula is C9H13N5O. The van der Waals surface area contributed by atoms with Crippen LogP contribution in [0.15, 0.2) is 4.79 Å². The number of fused-ring (bicyclic) bond motifs is 1. The van der Waals surface area contributed by atoms with Crippen LogP contribution in [-0.4, -0.2) is 25.2 Å². The van der Waals surface area contributed by atoms with Crippen LogP contribution in [0.25, 0.3) is 11.0 Å². The number of hydrogen-bond acceptors (Lipinski definition) is 4. The van der Waals surface area contributed by atoms with Crippen LogP contribution in [-0.2, 0) is 6.54 Å². The van der Waals surface area contributed by atoms with E-state index >= 15 is 0 Å². The molecule has 0 aliphatic heterocycles. The minimum absolute atomic E-state index is 0.279. The van der Waals surface area contributed by atoms with Crippen molar-refractivity contribution in [3.63, 3.8) is 0 Å². The summed E-state index contributed by atoms with van der Waals surface area (Å²) in [5, 5.41) is 14.1. The van der Waals surface area contributed by atoms with Crippen LogP contribution >= 0.6 is 0 Å². The second kappa shape index (κ2) is 3.80. The van der Waals surface area contributed by atoms with E-state index in [0.717, 1.165) is 30.6 Å². The lowest BCUT2D eigenvalue weighted by Gasteiger charge is -2.01. The first-order chi connectivity index (χ1) is 7.24. The maximum Gasteiger partial charge on any atom is 0.294 e. The number of rotatable bonds is 3. The monoisotopic (exact) mass is 207 g/mol. The van der Waals surface area contributed by atoms with E-state index in [1.165, 1.54) is 0 Å². The van der Waals surface area contributed by atoms with Crippen molar-refractivity contribution in [2.75, 3.05) is 0 Å². The molecular weight excluding hydrogens is 194 g/mol. The Hall–Kier alpha value is -1.72. The number of aryl methyl sites for hydroxylation is 2. The van der Waals surface area contributed by atoms with Gasteiger partial charge >= 0.3 is 0 Å². The van der Waals surface area contributed by atoms with Crippen LogP contribution in [0.5, 0.6) is 0 Å². The summed E-state index contributed by atoms with van der Waals surface area (Å²) in [6.07, 6.45) is 2.10. The van der Waals surface area contributed by atoms with E-state index in [4.69, 9.17) is 0 Å². The van der Waals surface area contributed by atoms with E-state index in [1.807, 2.05) is 6.92 Å². The molecule has 0 aromatic carbocycles. The van der Waals surface area contributed by atoms with Gasteiger partial charge in [0.1, 0.15) is 5.52 Å². The predicted octanol–water partition coefficient (Wildman–Crippen LogP) is 0.623. The zero-order valence-electron chi connectivity index (χ0n) is 8.82. The molecule has 2 aromatic rings. The van der Waals surface area contributed by atoms with E-state index in [9.17, 15) is 4.79 Å². The molecule has 0 fully saturated rings. The highest BCUT2D eigenvalue weighted by atomic mass is 16.1. The zero-order valence-corrected chi connectivity index (χ0v) is 8.82. The highest BCUT2D eigenvalue weighted by Crippen LogP contribution is 2.09. The third-order valence-corrected chi connectivity index (χ3v) is 2.34. The summed E-state index contributed by atoms with van der Waals surface area (Å²) < 4.78 is 1.75. The van der Waals surface area contributed by atoms with Crippen molar-refractivity contribution in [2.45, 2.75) is 33.2 Å². The minimum Gasteiger partial charge on any atom is -0.265 e. The molecule has 0 amide bonds. The molecule has 1 N–H and O–H groups in total. The molecule has 0 atom stereocenters. The van der Waals surface area contributed by atoms with Crippen LogP contribution in [0.1, 0.15) is 25.5 Å². The summed E-state index contributed by atoms with van der Waals surface area (Å²) in [5.41, 5.74) is 1.59. The van der Waals surface area contributed by atoms with E-state index in [1.54, 1.807) is 4.68 Å². The van der Waals surface area contributed by atoms with Crippen LogP contribution in [0.3, 0.4) is 0 Å². The van der Waals surface area contributed by atoms with Crippen LogP contribution in [0, 0.1) is 6.92 Å². The maximum absolute atomic E-state index is 11.4. The first-order valence-electron chi connectivity index (χ1n) is 5.02. The standard InChI is InChI=1S/C9H13N5O/c1-3-4-5-14-8-6(2)10-12-9(15)7(8)11-13-14/h3-5H2,1-2H3,(H,12,15). The van der Waals surface area contributed by atoms with E-state index < -0.39 is 0 Å². The van der Waals surface area contributed by atoms with E-state index in [-0.39, 0.29) is 5.56 Å². The molecule has 0 bridgehead atoms. The van der Waals surface area contributed by atoms with Crippen molar-refractivity contribution in [1.82, 2.24) is 25.2 Å². The summed E-state index contributed by atoms with van der Waals surface area (Å²) in [5.74, 6) is 0. The first kappa shape index (κ1) is 9.82. The normalized spacial score (nSPS) is 11.1. The molecule has 0 unspecified atom stereocenters. The van der Waals surface area contributed by atoms with Crippen molar-refractivity contribution in [2.24, 2.45) is 0 Å². The van der Waals surface area contributed by atoms with Gasteiger partial charge in [-0.25, -0.2) is 9.78 Å². The number of aromatic nitrogens is 5. The van der Waals surface area contributed by atoms with Gasteiger partial charge in [-0.2, -0.15) is 5.10 Å². The molecule has 0 spiro atoms. The van der Waals surface area contributed by atoms with Gasteiger partial charge in [-0.1, -0.05) is 18.6 Å². The summed E-state index contributed by atoms with van der Waals surface area (Å²) in [6.45, 7) is 4.72. The second-order valence-corrected chi connectivity index (χ2v) is 3.50. The fourth-order valence-electron chi connectivity index (χ4n) is 1.53. The van der Waals surface area contributed by atoms with Crippen molar-refractivity contribution < 1.29 is 0 Å². The Balaban J connectivity index is 2.58. The van der Waals surface area contributed by atoms with Crippen molar-refractivity contribution in [3.05, 3.63) is 16.0 Å². The molecule has 0 radical (unpaired) electrons. The summed E-state index contributed by atoms with van der Waals surface area (Å²) >= 11 is 0. The lowest BCUT2D eigenvalue weighted by Crippen LogP contribution is -2.11. The third kappa shape index (κ3) is 1.62. The molecule has 0 saturated carbocycles. The molecule has 2 rings (SSSR count). The van der Waals surface area contributed by atoms with Gasteiger partial charge in [0.05, 0.1) is 5.69 Å². The zero-order chi connectivity index (χ0) is 10.8.